The molecule has 0 radical (unpaired) electrons. The van der Waals surface area contributed by atoms with E-state index in [1.54, 1.807) is 36.4 Å². The zero-order valence-electron chi connectivity index (χ0n) is 11.7. The van der Waals surface area contributed by atoms with Gasteiger partial charge in [-0.15, -0.1) is 0 Å². The van der Waals surface area contributed by atoms with E-state index in [0.29, 0.717) is 16.8 Å². The van der Waals surface area contributed by atoms with Gasteiger partial charge in [-0.05, 0) is 17.7 Å². The molecule has 0 saturated carbocycles. The summed E-state index contributed by atoms with van der Waals surface area (Å²) >= 11 is 1.17. The Hall–Kier alpha value is -2.48. The molecule has 5 nitrogen and oxygen atoms in total. The molecule has 0 unspecified atom stereocenters. The molecule has 0 atom stereocenters. The normalized spacial score (nSPS) is 11.3. The molecule has 23 heavy (non-hydrogen) atoms. The lowest BCUT2D eigenvalue weighted by molar-refractivity contribution is -0.384. The highest BCUT2D eigenvalue weighted by Crippen LogP contribution is 2.31. The first-order chi connectivity index (χ1) is 11.1. The topological polar surface area (TPSA) is 61.0 Å². The van der Waals surface area contributed by atoms with E-state index in [-0.39, 0.29) is 10.8 Å². The second kappa shape index (κ2) is 6.33. The van der Waals surface area contributed by atoms with Gasteiger partial charge < -0.3 is 0 Å². The third-order valence-corrected chi connectivity index (χ3v) is 4.30. The van der Waals surface area contributed by atoms with Crippen molar-refractivity contribution in [2.24, 2.45) is 0 Å². The minimum atomic E-state index is -2.68. The van der Waals surface area contributed by atoms with E-state index in [9.17, 15) is 18.9 Å². The fourth-order valence-corrected chi connectivity index (χ4v) is 3.14. The molecule has 118 valence electrons. The summed E-state index contributed by atoms with van der Waals surface area (Å²) < 4.78 is 27.5. The fourth-order valence-electron chi connectivity index (χ4n) is 2.17. The number of aromatic nitrogens is 2. The quantitative estimate of drug-likeness (QED) is 0.387. The highest BCUT2D eigenvalue weighted by molar-refractivity contribution is 7.98. The van der Waals surface area contributed by atoms with E-state index in [1.165, 1.54) is 23.9 Å². The van der Waals surface area contributed by atoms with Crippen LogP contribution in [0.25, 0.3) is 11.0 Å². The first-order valence-electron chi connectivity index (χ1n) is 6.67. The van der Waals surface area contributed by atoms with Gasteiger partial charge in [-0.3, -0.25) is 14.7 Å². The second-order valence-electron chi connectivity index (χ2n) is 4.74. The number of nitro benzene ring substituents is 1. The number of fused-ring (bicyclic) bond motifs is 1. The molecular formula is C15H11F2N3O2S. The van der Waals surface area contributed by atoms with Crippen molar-refractivity contribution in [2.75, 3.05) is 0 Å². The summed E-state index contributed by atoms with van der Waals surface area (Å²) in [5, 5.41) is 10.8. The molecular weight excluding hydrogens is 324 g/mol. The first kappa shape index (κ1) is 15.4. The summed E-state index contributed by atoms with van der Waals surface area (Å²) in [7, 11) is 0. The molecule has 1 heterocycles. The number of imidazole rings is 1. The van der Waals surface area contributed by atoms with Gasteiger partial charge in [-0.2, -0.15) is 8.78 Å². The van der Waals surface area contributed by atoms with Gasteiger partial charge in [0.2, 0.25) is 0 Å². The van der Waals surface area contributed by atoms with Crippen LogP contribution in [-0.4, -0.2) is 14.5 Å². The highest BCUT2D eigenvalue weighted by atomic mass is 32.2. The third kappa shape index (κ3) is 3.16. The van der Waals surface area contributed by atoms with Crippen molar-refractivity contribution in [3.63, 3.8) is 0 Å². The van der Waals surface area contributed by atoms with Crippen molar-refractivity contribution in [1.29, 1.82) is 0 Å². The van der Waals surface area contributed by atoms with Crippen LogP contribution in [-0.2, 0) is 5.75 Å². The fraction of sp³-hybridized carbons (Fsp3) is 0.133. The van der Waals surface area contributed by atoms with E-state index < -0.39 is 11.5 Å². The molecule has 0 aliphatic heterocycles. The summed E-state index contributed by atoms with van der Waals surface area (Å²) in [6, 6.07) is 12.7. The lowest BCUT2D eigenvalue weighted by atomic mass is 10.2. The maximum absolute atomic E-state index is 13.3. The Morgan fingerprint density at radius 3 is 2.52 bits per heavy atom. The standard InChI is InChI=1S/C15H11F2N3O2S/c16-14(17)19-13-4-2-1-3-12(13)18-15(19)23-9-10-5-7-11(8-6-10)20(21)22/h1-8,14H,9H2. The molecule has 8 heteroatoms. The summed E-state index contributed by atoms with van der Waals surface area (Å²) in [6.45, 7) is -2.68. The van der Waals surface area contributed by atoms with Gasteiger partial charge >= 0.3 is 6.55 Å². The Morgan fingerprint density at radius 2 is 1.87 bits per heavy atom. The van der Waals surface area contributed by atoms with Crippen LogP contribution < -0.4 is 0 Å². The van der Waals surface area contributed by atoms with Crippen LogP contribution in [0.5, 0.6) is 0 Å². The third-order valence-electron chi connectivity index (χ3n) is 3.27. The minimum Gasteiger partial charge on any atom is -0.261 e. The number of hydrogen-bond acceptors (Lipinski definition) is 4. The van der Waals surface area contributed by atoms with Crippen molar-refractivity contribution >= 4 is 28.5 Å². The largest absolute Gasteiger partial charge is 0.321 e. The number of halogens is 2. The van der Waals surface area contributed by atoms with Crippen LogP contribution in [0.2, 0.25) is 0 Å². The van der Waals surface area contributed by atoms with Crippen molar-refractivity contribution in [2.45, 2.75) is 17.5 Å². The second-order valence-corrected chi connectivity index (χ2v) is 5.69. The molecule has 0 aliphatic rings. The number of rotatable bonds is 5. The van der Waals surface area contributed by atoms with Gasteiger partial charge in [0.1, 0.15) is 0 Å². The molecule has 0 N–H and O–H groups in total. The molecule has 1 aromatic heterocycles. The molecule has 0 fully saturated rings. The first-order valence-corrected chi connectivity index (χ1v) is 7.66. The SMILES string of the molecule is O=[N+]([O-])c1ccc(CSc2nc3ccccc3n2C(F)F)cc1. The van der Waals surface area contributed by atoms with Crippen molar-refractivity contribution in [3.8, 4) is 0 Å². The Balaban J connectivity index is 1.84. The van der Waals surface area contributed by atoms with E-state index in [2.05, 4.69) is 4.98 Å². The van der Waals surface area contributed by atoms with Gasteiger partial charge in [0.25, 0.3) is 5.69 Å². The number of thioether (sulfide) groups is 1. The molecule has 2 aromatic carbocycles. The van der Waals surface area contributed by atoms with E-state index in [1.807, 2.05) is 0 Å². The van der Waals surface area contributed by atoms with Gasteiger partial charge in [0.05, 0.1) is 16.0 Å². The van der Waals surface area contributed by atoms with Crippen LogP contribution >= 0.6 is 11.8 Å². The molecule has 3 aromatic rings. The lowest BCUT2D eigenvalue weighted by Gasteiger charge is -2.07. The van der Waals surface area contributed by atoms with Gasteiger partial charge in [0.15, 0.2) is 5.16 Å². The van der Waals surface area contributed by atoms with Crippen LogP contribution in [0, 0.1) is 10.1 Å². The lowest BCUT2D eigenvalue weighted by Crippen LogP contribution is -2.00. The number of hydrogen-bond donors (Lipinski definition) is 0. The number of benzene rings is 2. The van der Waals surface area contributed by atoms with E-state index >= 15 is 0 Å². The average Bonchev–Trinajstić information content (AvgIpc) is 2.91. The predicted molar refractivity (Wildman–Crippen MR) is 83.6 cm³/mol. The van der Waals surface area contributed by atoms with Gasteiger partial charge in [-0.25, -0.2) is 4.98 Å². The van der Waals surface area contributed by atoms with Crippen molar-refractivity contribution in [1.82, 2.24) is 9.55 Å². The maximum Gasteiger partial charge on any atom is 0.321 e. The maximum atomic E-state index is 13.3. The van der Waals surface area contributed by atoms with E-state index in [4.69, 9.17) is 0 Å². The summed E-state index contributed by atoms with van der Waals surface area (Å²) in [6.07, 6.45) is 0. The summed E-state index contributed by atoms with van der Waals surface area (Å²) in [5.74, 6) is 0.397. The Bertz CT molecular complexity index is 850. The van der Waals surface area contributed by atoms with Crippen LogP contribution in [0.15, 0.2) is 53.7 Å². The van der Waals surface area contributed by atoms with Crippen LogP contribution in [0.1, 0.15) is 12.1 Å². The number of nitrogens with zero attached hydrogens (tertiary/aromatic N) is 3. The van der Waals surface area contributed by atoms with Crippen molar-refractivity contribution < 1.29 is 13.7 Å². The predicted octanol–water partition coefficient (Wildman–Crippen LogP) is 4.63. The highest BCUT2D eigenvalue weighted by Gasteiger charge is 2.17. The molecule has 0 bridgehead atoms. The molecule has 0 saturated heterocycles. The monoisotopic (exact) mass is 335 g/mol. The summed E-state index contributed by atoms with van der Waals surface area (Å²) in [4.78, 5) is 14.4. The van der Waals surface area contributed by atoms with Crippen molar-refractivity contribution in [3.05, 3.63) is 64.2 Å². The Labute approximate surface area is 134 Å². The zero-order valence-corrected chi connectivity index (χ0v) is 12.5. The number of nitro groups is 1. The van der Waals surface area contributed by atoms with Gasteiger partial charge in [-0.1, -0.05) is 36.0 Å². The molecule has 0 amide bonds. The van der Waals surface area contributed by atoms with Crippen LogP contribution in [0.4, 0.5) is 14.5 Å². The smallest absolute Gasteiger partial charge is 0.261 e. The van der Waals surface area contributed by atoms with Gasteiger partial charge in [0, 0.05) is 17.9 Å². The Morgan fingerprint density at radius 1 is 1.17 bits per heavy atom. The van der Waals surface area contributed by atoms with E-state index in [0.717, 1.165) is 10.1 Å². The summed E-state index contributed by atoms with van der Waals surface area (Å²) in [5.41, 5.74) is 1.69. The molecule has 3 rings (SSSR count). The number of non-ortho nitro benzene ring substituents is 1. The molecule has 0 spiro atoms. The Kier molecular flexibility index (Phi) is 4.24. The average molecular weight is 335 g/mol. The molecule has 0 aliphatic carbocycles. The zero-order chi connectivity index (χ0) is 16.4. The van der Waals surface area contributed by atoms with Crippen LogP contribution in [0.3, 0.4) is 0 Å². The number of para-hydroxylation sites is 2. The number of alkyl halides is 2. The minimum absolute atomic E-state index is 0.00132.